The molecule has 0 bridgehead atoms. The molecule has 0 spiro atoms. The van der Waals surface area contributed by atoms with Crippen molar-refractivity contribution < 1.29 is 13.2 Å². The topological polar surface area (TPSA) is 58.6 Å². The molecule has 5 nitrogen and oxygen atoms in total. The van der Waals surface area contributed by atoms with Crippen molar-refractivity contribution in [2.45, 2.75) is 38.5 Å². The van der Waals surface area contributed by atoms with Crippen molar-refractivity contribution in [3.8, 4) is 0 Å². The van der Waals surface area contributed by atoms with Gasteiger partial charge in [-0.3, -0.25) is 4.90 Å². The average Bonchev–Trinajstić information content (AvgIpc) is 2.57. The summed E-state index contributed by atoms with van der Waals surface area (Å²) in [6.07, 6.45) is 0.466. The number of sulfonamides is 1. The molecular formula is C17H29ClN2O3S. The van der Waals surface area contributed by atoms with Gasteiger partial charge in [-0.1, -0.05) is 43.6 Å². The van der Waals surface area contributed by atoms with E-state index in [-0.39, 0.29) is 6.04 Å². The van der Waals surface area contributed by atoms with Crippen molar-refractivity contribution in [3.05, 3.63) is 34.9 Å². The Bertz CT molecular complexity index is 591. The monoisotopic (exact) mass is 376 g/mol. The predicted molar refractivity (Wildman–Crippen MR) is 100.0 cm³/mol. The fraction of sp³-hybridized carbons (Fsp3) is 0.647. The molecule has 1 aromatic carbocycles. The van der Waals surface area contributed by atoms with E-state index < -0.39 is 15.3 Å². The lowest BCUT2D eigenvalue weighted by atomic mass is 10.1. The molecule has 0 aliphatic heterocycles. The number of methoxy groups -OCH3 is 1. The van der Waals surface area contributed by atoms with Crippen LogP contribution >= 0.6 is 11.6 Å². The maximum Gasteiger partial charge on any atom is 0.214 e. The highest BCUT2D eigenvalue weighted by molar-refractivity contribution is 7.90. The van der Waals surface area contributed by atoms with E-state index in [2.05, 4.69) is 23.5 Å². The van der Waals surface area contributed by atoms with Crippen molar-refractivity contribution >= 4 is 21.6 Å². The molecule has 1 rings (SSSR count). The Hall–Kier alpha value is -0.660. The highest BCUT2D eigenvalue weighted by Crippen LogP contribution is 2.27. The summed E-state index contributed by atoms with van der Waals surface area (Å²) in [4.78, 5) is 2.20. The summed E-state index contributed by atoms with van der Waals surface area (Å²) < 4.78 is 32.6. The largest absolute Gasteiger partial charge is 0.385 e. The maximum atomic E-state index is 12.4. The Kier molecular flexibility index (Phi) is 9.23. The van der Waals surface area contributed by atoms with Crippen LogP contribution in [0.2, 0.25) is 5.02 Å². The van der Waals surface area contributed by atoms with Crippen molar-refractivity contribution in [3.63, 3.8) is 0 Å². The van der Waals surface area contributed by atoms with Crippen molar-refractivity contribution in [2.24, 2.45) is 0 Å². The van der Waals surface area contributed by atoms with Crippen LogP contribution in [0.4, 0.5) is 0 Å². The lowest BCUT2D eigenvalue weighted by Gasteiger charge is -2.31. The minimum absolute atomic E-state index is 0.0990. The number of halogens is 1. The highest BCUT2D eigenvalue weighted by atomic mass is 35.5. The van der Waals surface area contributed by atoms with E-state index in [4.69, 9.17) is 16.3 Å². The summed E-state index contributed by atoms with van der Waals surface area (Å²) >= 11 is 6.34. The zero-order valence-electron chi connectivity index (χ0n) is 15.0. The van der Waals surface area contributed by atoms with Gasteiger partial charge in [0.25, 0.3) is 0 Å². The van der Waals surface area contributed by atoms with Gasteiger partial charge < -0.3 is 4.74 Å². The Labute approximate surface area is 151 Å². The molecule has 2 atom stereocenters. The standard InChI is InChI=1S/C17H29ClN2O3S/c1-5-20(6-2)17(15-9-7-8-10-16(15)18)13-19-24(21,22)14(3)11-12-23-4/h7-10,14,17,19H,5-6,11-13H2,1-4H3/t14-,17+/m0/s1. The molecule has 1 aromatic rings. The van der Waals surface area contributed by atoms with Crippen LogP contribution in [-0.2, 0) is 14.8 Å². The highest BCUT2D eigenvalue weighted by Gasteiger charge is 2.25. The number of rotatable bonds is 11. The van der Waals surface area contributed by atoms with Crippen LogP contribution in [0.25, 0.3) is 0 Å². The fourth-order valence-electron chi connectivity index (χ4n) is 2.62. The molecule has 0 saturated carbocycles. The van der Waals surface area contributed by atoms with E-state index >= 15 is 0 Å². The van der Waals surface area contributed by atoms with Gasteiger partial charge in [-0.15, -0.1) is 0 Å². The lowest BCUT2D eigenvalue weighted by Crippen LogP contribution is -2.41. The zero-order chi connectivity index (χ0) is 18.2. The molecule has 0 radical (unpaired) electrons. The van der Waals surface area contributed by atoms with Gasteiger partial charge >= 0.3 is 0 Å². The van der Waals surface area contributed by atoms with Gasteiger partial charge in [-0.2, -0.15) is 0 Å². The molecule has 0 unspecified atom stereocenters. The van der Waals surface area contributed by atoms with Gasteiger partial charge in [0.2, 0.25) is 10.0 Å². The van der Waals surface area contributed by atoms with Crippen molar-refractivity contribution in [2.75, 3.05) is 33.4 Å². The van der Waals surface area contributed by atoms with Gasteiger partial charge in [0.1, 0.15) is 0 Å². The molecule has 7 heteroatoms. The van der Waals surface area contributed by atoms with Gasteiger partial charge in [0.05, 0.1) is 5.25 Å². The second kappa shape index (κ2) is 10.4. The molecular weight excluding hydrogens is 348 g/mol. The number of ether oxygens (including phenoxy) is 1. The number of likely N-dealkylation sites (N-methyl/N-ethyl adjacent to an activating group) is 1. The Balaban J connectivity index is 2.92. The molecule has 0 heterocycles. The second-order valence-corrected chi connectivity index (χ2v) is 8.33. The first-order chi connectivity index (χ1) is 11.4. The van der Waals surface area contributed by atoms with Crippen molar-refractivity contribution in [1.82, 2.24) is 9.62 Å². The molecule has 138 valence electrons. The normalized spacial score (nSPS) is 14.8. The van der Waals surface area contributed by atoms with Crippen molar-refractivity contribution in [1.29, 1.82) is 0 Å². The maximum absolute atomic E-state index is 12.4. The molecule has 1 N–H and O–H groups in total. The Morgan fingerprint density at radius 3 is 2.42 bits per heavy atom. The van der Waals surface area contributed by atoms with Gasteiger partial charge in [-0.05, 0) is 38.1 Å². The third kappa shape index (κ3) is 6.01. The molecule has 0 fully saturated rings. The van der Waals surface area contributed by atoms with Gasteiger partial charge in [0.15, 0.2) is 0 Å². The molecule has 24 heavy (non-hydrogen) atoms. The summed E-state index contributed by atoms with van der Waals surface area (Å²) in [7, 11) is -1.83. The van der Waals surface area contributed by atoms with E-state index in [1.54, 1.807) is 14.0 Å². The summed E-state index contributed by atoms with van der Waals surface area (Å²) in [5.74, 6) is 0. The van der Waals surface area contributed by atoms with Gasteiger partial charge in [0, 0.05) is 31.3 Å². The molecule has 0 amide bonds. The number of nitrogens with zero attached hydrogens (tertiary/aromatic N) is 1. The molecule has 0 aliphatic carbocycles. The summed E-state index contributed by atoms with van der Waals surface area (Å²) in [6.45, 7) is 8.16. The van der Waals surface area contributed by atoms with Crippen LogP contribution < -0.4 is 4.72 Å². The first-order valence-corrected chi connectivity index (χ1v) is 10.3. The van der Waals surface area contributed by atoms with E-state index in [0.29, 0.717) is 24.6 Å². The molecule has 0 aromatic heterocycles. The van der Waals surface area contributed by atoms with Crippen LogP contribution in [0, 0.1) is 0 Å². The van der Waals surface area contributed by atoms with E-state index in [1.165, 1.54) is 0 Å². The van der Waals surface area contributed by atoms with Crippen LogP contribution in [0.5, 0.6) is 0 Å². The lowest BCUT2D eigenvalue weighted by molar-refractivity contribution is 0.194. The molecule has 0 aliphatic rings. The summed E-state index contributed by atoms with van der Waals surface area (Å²) in [5.41, 5.74) is 0.940. The minimum Gasteiger partial charge on any atom is -0.385 e. The summed E-state index contributed by atoms with van der Waals surface area (Å²) in [6, 6.07) is 7.49. The SMILES string of the molecule is CCN(CC)[C@H](CNS(=O)(=O)[C@@H](C)CCOC)c1ccccc1Cl. The number of benzene rings is 1. The Morgan fingerprint density at radius 2 is 1.88 bits per heavy atom. The fourth-order valence-corrected chi connectivity index (χ4v) is 3.96. The van der Waals surface area contributed by atoms with E-state index in [9.17, 15) is 8.42 Å². The summed E-state index contributed by atoms with van der Waals surface area (Å²) in [5, 5.41) is 0.155. The zero-order valence-corrected chi connectivity index (χ0v) is 16.5. The number of hydrogen-bond donors (Lipinski definition) is 1. The number of nitrogens with one attached hydrogen (secondary N) is 1. The quantitative estimate of drug-likeness (QED) is 0.644. The third-order valence-electron chi connectivity index (χ3n) is 4.25. The first kappa shape index (κ1) is 21.4. The van der Waals surface area contributed by atoms with Crippen LogP contribution in [0.1, 0.15) is 38.8 Å². The molecule has 0 saturated heterocycles. The Morgan fingerprint density at radius 1 is 1.25 bits per heavy atom. The van der Waals surface area contributed by atoms with Crippen LogP contribution in [0.3, 0.4) is 0 Å². The number of hydrogen-bond acceptors (Lipinski definition) is 4. The van der Waals surface area contributed by atoms with E-state index in [0.717, 1.165) is 18.7 Å². The van der Waals surface area contributed by atoms with Gasteiger partial charge in [-0.25, -0.2) is 13.1 Å². The smallest absolute Gasteiger partial charge is 0.214 e. The van der Waals surface area contributed by atoms with Crippen LogP contribution in [-0.4, -0.2) is 51.9 Å². The third-order valence-corrected chi connectivity index (χ3v) is 6.46. The first-order valence-electron chi connectivity index (χ1n) is 8.33. The average molecular weight is 377 g/mol. The van der Waals surface area contributed by atoms with E-state index in [1.807, 2.05) is 24.3 Å². The second-order valence-electron chi connectivity index (χ2n) is 5.74. The van der Waals surface area contributed by atoms with Crippen LogP contribution in [0.15, 0.2) is 24.3 Å². The predicted octanol–water partition coefficient (Wildman–Crippen LogP) is 3.07. The minimum atomic E-state index is -3.40.